The highest BCUT2D eigenvalue weighted by Crippen LogP contribution is 2.29. The molecule has 0 fully saturated rings. The Morgan fingerprint density at radius 3 is 2.57 bits per heavy atom. The lowest BCUT2D eigenvalue weighted by atomic mass is 10.2. The van der Waals surface area contributed by atoms with E-state index >= 15 is 0 Å². The molecule has 2 aromatic rings. The van der Waals surface area contributed by atoms with Crippen LogP contribution in [0.3, 0.4) is 0 Å². The minimum atomic E-state index is -3.94. The summed E-state index contributed by atoms with van der Waals surface area (Å²) >= 11 is 5.93. The number of hydrogen-bond donors (Lipinski definition) is 0. The van der Waals surface area contributed by atoms with Crippen LogP contribution in [0.25, 0.3) is 0 Å². The van der Waals surface area contributed by atoms with E-state index in [2.05, 4.69) is 0 Å². The molecule has 0 bridgehead atoms. The third-order valence-corrected chi connectivity index (χ3v) is 4.46. The second-order valence-electron chi connectivity index (χ2n) is 4.41. The highest BCUT2D eigenvalue weighted by Gasteiger charge is 2.17. The summed E-state index contributed by atoms with van der Waals surface area (Å²) in [7, 11) is 1.44. The van der Waals surface area contributed by atoms with Crippen LogP contribution < -0.4 is 4.74 Å². The van der Waals surface area contributed by atoms with Gasteiger partial charge in [-0.3, -0.25) is 0 Å². The lowest BCUT2D eigenvalue weighted by molar-refractivity contribution is 0.297. The molecule has 2 rings (SSSR count). The maximum absolute atomic E-state index is 13.2. The molecule has 2 aromatic carbocycles. The maximum Gasteiger partial charge on any atom is 0.264 e. The predicted molar refractivity (Wildman–Crippen MR) is 80.0 cm³/mol. The van der Waals surface area contributed by atoms with Gasteiger partial charge in [0.05, 0.1) is 0 Å². The number of hydrogen-bond acceptors (Lipinski definition) is 3. The lowest BCUT2D eigenvalue weighted by Crippen LogP contribution is -2.02. The monoisotopic (exact) mass is 348 g/mol. The van der Waals surface area contributed by atoms with Crippen molar-refractivity contribution < 1.29 is 17.5 Å². The first-order valence-corrected chi connectivity index (χ1v) is 8.58. The minimum Gasteiger partial charge on any atom is -0.487 e. The molecular formula is C14H11Cl2FO3S. The van der Waals surface area contributed by atoms with Gasteiger partial charge in [0.2, 0.25) is 0 Å². The normalized spacial score (nSPS) is 11.4. The van der Waals surface area contributed by atoms with Gasteiger partial charge in [0.15, 0.2) is 0 Å². The van der Waals surface area contributed by atoms with Gasteiger partial charge in [-0.1, -0.05) is 17.7 Å². The van der Waals surface area contributed by atoms with Crippen LogP contribution >= 0.6 is 22.3 Å². The van der Waals surface area contributed by atoms with Gasteiger partial charge in [0, 0.05) is 21.3 Å². The lowest BCUT2D eigenvalue weighted by Gasteiger charge is -2.11. The Labute approximate surface area is 131 Å². The molecular weight excluding hydrogens is 338 g/mol. The van der Waals surface area contributed by atoms with E-state index in [1.54, 1.807) is 13.0 Å². The van der Waals surface area contributed by atoms with Crippen LogP contribution in [0, 0.1) is 12.7 Å². The number of aryl methyl sites for hydroxylation is 1. The predicted octanol–water partition coefficient (Wildman–Crippen LogP) is 4.29. The molecule has 0 aliphatic rings. The van der Waals surface area contributed by atoms with E-state index in [9.17, 15) is 12.8 Å². The fourth-order valence-corrected chi connectivity index (χ4v) is 2.96. The Hall–Kier alpha value is -1.30. The SMILES string of the molecule is Cc1ccc(OCc2cc(F)ccc2Cl)c(S(=O)(=O)Cl)c1. The number of halogens is 3. The first-order chi connectivity index (χ1) is 9.77. The van der Waals surface area contributed by atoms with Crippen molar-refractivity contribution >= 4 is 31.3 Å². The van der Waals surface area contributed by atoms with Crippen LogP contribution in [-0.2, 0) is 15.7 Å². The quantitative estimate of drug-likeness (QED) is 0.774. The largest absolute Gasteiger partial charge is 0.487 e. The summed E-state index contributed by atoms with van der Waals surface area (Å²) in [6, 6.07) is 8.46. The first kappa shape index (κ1) is 16.1. The van der Waals surface area contributed by atoms with Crippen LogP contribution in [0.4, 0.5) is 4.39 Å². The molecule has 112 valence electrons. The molecule has 0 N–H and O–H groups in total. The zero-order valence-corrected chi connectivity index (χ0v) is 13.3. The Bertz CT molecular complexity index is 776. The van der Waals surface area contributed by atoms with Crippen molar-refractivity contribution in [3.63, 3.8) is 0 Å². The standard InChI is InChI=1S/C14H11Cl2FO3S/c1-9-2-5-13(14(6-9)21(16,18)19)20-8-10-7-11(17)3-4-12(10)15/h2-7H,8H2,1H3. The Morgan fingerprint density at radius 1 is 1.19 bits per heavy atom. The van der Waals surface area contributed by atoms with Gasteiger partial charge in [0.1, 0.15) is 23.1 Å². The van der Waals surface area contributed by atoms with Crippen molar-refractivity contribution in [1.29, 1.82) is 0 Å². The average molecular weight is 349 g/mol. The minimum absolute atomic E-state index is 0.0704. The van der Waals surface area contributed by atoms with Crippen LogP contribution in [-0.4, -0.2) is 8.42 Å². The molecule has 0 radical (unpaired) electrons. The molecule has 0 aliphatic heterocycles. The molecule has 0 spiro atoms. The third-order valence-electron chi connectivity index (χ3n) is 2.75. The summed E-state index contributed by atoms with van der Waals surface area (Å²) in [5.41, 5.74) is 1.14. The van der Waals surface area contributed by atoms with Crippen LogP contribution in [0.1, 0.15) is 11.1 Å². The molecule has 21 heavy (non-hydrogen) atoms. The average Bonchev–Trinajstić information content (AvgIpc) is 2.40. The number of ether oxygens (including phenoxy) is 1. The van der Waals surface area contributed by atoms with E-state index in [1.807, 2.05) is 0 Å². The summed E-state index contributed by atoms with van der Waals surface area (Å²) in [6.45, 7) is 1.66. The van der Waals surface area contributed by atoms with Gasteiger partial charge >= 0.3 is 0 Å². The van der Waals surface area contributed by atoms with Crippen LogP contribution in [0.2, 0.25) is 5.02 Å². The third kappa shape index (κ3) is 4.09. The fraction of sp³-hybridized carbons (Fsp3) is 0.143. The number of rotatable bonds is 4. The van der Waals surface area contributed by atoms with Gasteiger partial charge < -0.3 is 4.74 Å². The smallest absolute Gasteiger partial charge is 0.264 e. The van der Waals surface area contributed by atoms with E-state index in [0.717, 1.165) is 5.56 Å². The Kier molecular flexibility index (Phi) is 4.76. The zero-order chi connectivity index (χ0) is 15.6. The van der Waals surface area contributed by atoms with Gasteiger partial charge in [0.25, 0.3) is 9.05 Å². The van der Waals surface area contributed by atoms with Gasteiger partial charge in [-0.05, 0) is 42.8 Å². The number of benzene rings is 2. The second-order valence-corrected chi connectivity index (χ2v) is 7.35. The topological polar surface area (TPSA) is 43.4 Å². The Balaban J connectivity index is 2.30. The fourth-order valence-electron chi connectivity index (χ4n) is 1.73. The van der Waals surface area contributed by atoms with E-state index in [4.69, 9.17) is 27.0 Å². The highest BCUT2D eigenvalue weighted by atomic mass is 35.7. The second kappa shape index (κ2) is 6.22. The molecule has 3 nitrogen and oxygen atoms in total. The van der Waals surface area contributed by atoms with E-state index in [-0.39, 0.29) is 17.3 Å². The molecule has 0 unspecified atom stereocenters. The molecule has 0 amide bonds. The van der Waals surface area contributed by atoms with Gasteiger partial charge in [-0.25, -0.2) is 12.8 Å². The molecule has 0 saturated heterocycles. The van der Waals surface area contributed by atoms with Crippen molar-refractivity contribution in [3.05, 3.63) is 58.4 Å². The van der Waals surface area contributed by atoms with Crippen molar-refractivity contribution in [2.75, 3.05) is 0 Å². The molecule has 0 aromatic heterocycles. The zero-order valence-electron chi connectivity index (χ0n) is 10.9. The molecule has 0 saturated carbocycles. The van der Waals surface area contributed by atoms with Crippen molar-refractivity contribution in [2.45, 2.75) is 18.4 Å². The summed E-state index contributed by atoms with van der Waals surface area (Å²) in [5, 5.41) is 0.332. The van der Waals surface area contributed by atoms with Gasteiger partial charge in [-0.15, -0.1) is 0 Å². The highest BCUT2D eigenvalue weighted by molar-refractivity contribution is 8.13. The first-order valence-electron chi connectivity index (χ1n) is 5.89. The molecule has 0 aliphatic carbocycles. The molecule has 0 heterocycles. The van der Waals surface area contributed by atoms with Gasteiger partial charge in [-0.2, -0.15) is 0 Å². The maximum atomic E-state index is 13.2. The van der Waals surface area contributed by atoms with E-state index < -0.39 is 14.9 Å². The van der Waals surface area contributed by atoms with Crippen LogP contribution in [0.5, 0.6) is 5.75 Å². The summed E-state index contributed by atoms with van der Waals surface area (Å²) in [6.07, 6.45) is 0. The molecule has 0 atom stereocenters. The molecule has 7 heteroatoms. The van der Waals surface area contributed by atoms with Crippen LogP contribution in [0.15, 0.2) is 41.3 Å². The van der Waals surface area contributed by atoms with Crippen molar-refractivity contribution in [2.24, 2.45) is 0 Å². The summed E-state index contributed by atoms with van der Waals surface area (Å²) in [5.74, 6) is -0.358. The van der Waals surface area contributed by atoms with E-state index in [0.29, 0.717) is 10.6 Å². The Morgan fingerprint density at radius 2 is 1.90 bits per heavy atom. The van der Waals surface area contributed by atoms with Crippen molar-refractivity contribution in [1.82, 2.24) is 0 Å². The summed E-state index contributed by atoms with van der Waals surface area (Å²) in [4.78, 5) is -0.128. The summed E-state index contributed by atoms with van der Waals surface area (Å²) < 4.78 is 41.7. The van der Waals surface area contributed by atoms with E-state index in [1.165, 1.54) is 30.3 Å². The van der Waals surface area contributed by atoms with Crippen molar-refractivity contribution in [3.8, 4) is 5.75 Å².